The lowest BCUT2D eigenvalue weighted by molar-refractivity contribution is -0.125. The molecule has 0 atom stereocenters. The van der Waals surface area contributed by atoms with Gasteiger partial charge in [-0.25, -0.2) is 4.39 Å². The van der Waals surface area contributed by atoms with E-state index in [4.69, 9.17) is 9.47 Å². The number of methoxy groups -OCH3 is 1. The van der Waals surface area contributed by atoms with Gasteiger partial charge in [0.2, 0.25) is 0 Å². The first kappa shape index (κ1) is 19.4. The molecule has 0 saturated carbocycles. The molecule has 1 fully saturated rings. The predicted molar refractivity (Wildman–Crippen MR) is 103 cm³/mol. The van der Waals surface area contributed by atoms with Crippen LogP contribution in [0.5, 0.6) is 11.5 Å². The number of hydrogen-bond acceptors (Lipinski definition) is 4. The molecule has 1 aliphatic heterocycles. The van der Waals surface area contributed by atoms with Crippen LogP contribution in [-0.4, -0.2) is 31.0 Å². The zero-order valence-corrected chi connectivity index (χ0v) is 15.7. The van der Waals surface area contributed by atoms with Gasteiger partial charge >= 0.3 is 0 Å². The van der Waals surface area contributed by atoms with Gasteiger partial charge in [0.1, 0.15) is 24.1 Å². The number of hydrogen-bond donors (Lipinski definition) is 0. The number of nitriles is 1. The molecule has 0 radical (unpaired) electrons. The molecule has 144 valence electrons. The summed E-state index contributed by atoms with van der Waals surface area (Å²) in [4.78, 5) is 14.1. The van der Waals surface area contributed by atoms with Crippen LogP contribution >= 0.6 is 0 Å². The Balaban J connectivity index is 1.77. The highest BCUT2D eigenvalue weighted by Gasteiger charge is 2.21. The highest BCUT2D eigenvalue weighted by molar-refractivity contribution is 6.01. The van der Waals surface area contributed by atoms with Crippen LogP contribution in [0.25, 0.3) is 6.08 Å². The maximum atomic E-state index is 13.7. The maximum absolute atomic E-state index is 13.7. The summed E-state index contributed by atoms with van der Waals surface area (Å²) in [5, 5.41) is 9.38. The minimum atomic E-state index is -0.333. The number of benzene rings is 2. The number of carbonyl (C=O) groups excluding carboxylic acids is 1. The third-order valence-corrected chi connectivity index (χ3v) is 4.58. The number of carbonyl (C=O) groups is 1. The number of amides is 1. The molecule has 3 rings (SSSR count). The van der Waals surface area contributed by atoms with Crippen LogP contribution < -0.4 is 9.47 Å². The molecule has 0 aromatic heterocycles. The maximum Gasteiger partial charge on any atom is 0.264 e. The average Bonchev–Trinajstić information content (AvgIpc) is 3.26. The van der Waals surface area contributed by atoms with Crippen molar-refractivity contribution >= 4 is 12.0 Å². The molecule has 0 aliphatic carbocycles. The summed E-state index contributed by atoms with van der Waals surface area (Å²) in [5.74, 6) is 0.308. The first-order valence-corrected chi connectivity index (χ1v) is 9.07. The SMILES string of the molecule is COc1cc(/C=C(\C#N)C(=O)N2CCCC2)ccc1OCc1ccccc1F. The molecule has 1 aliphatic rings. The van der Waals surface area contributed by atoms with Gasteiger partial charge in [-0.1, -0.05) is 24.3 Å². The Morgan fingerprint density at radius 2 is 1.96 bits per heavy atom. The van der Waals surface area contributed by atoms with Gasteiger partial charge in [-0.15, -0.1) is 0 Å². The molecule has 1 amide bonds. The van der Waals surface area contributed by atoms with Crippen molar-refractivity contribution in [2.24, 2.45) is 0 Å². The van der Waals surface area contributed by atoms with E-state index in [0.717, 1.165) is 12.8 Å². The van der Waals surface area contributed by atoms with Crippen LogP contribution in [0.15, 0.2) is 48.0 Å². The fourth-order valence-electron chi connectivity index (χ4n) is 3.06. The molecule has 0 unspecified atom stereocenters. The predicted octanol–water partition coefficient (Wildman–Crippen LogP) is 3.94. The van der Waals surface area contributed by atoms with Gasteiger partial charge in [0, 0.05) is 18.7 Å². The van der Waals surface area contributed by atoms with Gasteiger partial charge in [-0.05, 0) is 42.7 Å². The van der Waals surface area contributed by atoms with Crippen LogP contribution in [-0.2, 0) is 11.4 Å². The Hall–Kier alpha value is -3.33. The molecule has 28 heavy (non-hydrogen) atoms. The quantitative estimate of drug-likeness (QED) is 0.562. The van der Waals surface area contributed by atoms with Crippen LogP contribution in [0.4, 0.5) is 4.39 Å². The minimum Gasteiger partial charge on any atom is -0.493 e. The second-order valence-corrected chi connectivity index (χ2v) is 6.46. The number of halogens is 1. The summed E-state index contributed by atoms with van der Waals surface area (Å²) in [6.45, 7) is 1.43. The van der Waals surface area contributed by atoms with Crippen molar-refractivity contribution in [3.05, 3.63) is 65.0 Å². The lowest BCUT2D eigenvalue weighted by Crippen LogP contribution is -2.28. The first-order chi connectivity index (χ1) is 13.6. The summed E-state index contributed by atoms with van der Waals surface area (Å²) in [5.41, 5.74) is 1.18. The highest BCUT2D eigenvalue weighted by Crippen LogP contribution is 2.30. The van der Waals surface area contributed by atoms with E-state index in [2.05, 4.69) is 0 Å². The van der Waals surface area contributed by atoms with Crippen LogP contribution in [0, 0.1) is 17.1 Å². The largest absolute Gasteiger partial charge is 0.493 e. The van der Waals surface area contributed by atoms with Crippen LogP contribution in [0.3, 0.4) is 0 Å². The Morgan fingerprint density at radius 3 is 2.64 bits per heavy atom. The van der Waals surface area contributed by atoms with Crippen molar-refractivity contribution in [3.63, 3.8) is 0 Å². The zero-order chi connectivity index (χ0) is 19.9. The van der Waals surface area contributed by atoms with E-state index in [9.17, 15) is 14.4 Å². The van der Waals surface area contributed by atoms with Gasteiger partial charge in [0.05, 0.1) is 7.11 Å². The van der Waals surface area contributed by atoms with Crippen LogP contribution in [0.1, 0.15) is 24.0 Å². The Morgan fingerprint density at radius 1 is 1.21 bits per heavy atom. The normalized spacial score (nSPS) is 13.9. The summed E-state index contributed by atoms with van der Waals surface area (Å²) in [7, 11) is 1.50. The summed E-state index contributed by atoms with van der Waals surface area (Å²) in [6, 6.07) is 13.5. The Labute approximate surface area is 163 Å². The lowest BCUT2D eigenvalue weighted by Gasteiger charge is -2.14. The van der Waals surface area contributed by atoms with Crippen LogP contribution in [0.2, 0.25) is 0 Å². The minimum absolute atomic E-state index is 0.0646. The van der Waals surface area contributed by atoms with Crippen molar-refractivity contribution in [2.75, 3.05) is 20.2 Å². The Kier molecular flexibility index (Phi) is 6.28. The second kappa shape index (κ2) is 9.05. The molecule has 0 spiro atoms. The third-order valence-electron chi connectivity index (χ3n) is 4.58. The molecule has 1 saturated heterocycles. The number of nitrogens with zero attached hydrogens (tertiary/aromatic N) is 2. The fraction of sp³-hybridized carbons (Fsp3) is 0.273. The molecular formula is C22H21FN2O3. The van der Waals surface area contributed by atoms with Gasteiger partial charge in [0.25, 0.3) is 5.91 Å². The molecule has 0 N–H and O–H groups in total. The average molecular weight is 380 g/mol. The monoisotopic (exact) mass is 380 g/mol. The summed E-state index contributed by atoms with van der Waals surface area (Å²) in [6.07, 6.45) is 3.47. The van der Waals surface area contributed by atoms with Crippen molar-refractivity contribution in [2.45, 2.75) is 19.4 Å². The molecule has 1 heterocycles. The molecule has 0 bridgehead atoms. The van der Waals surface area contributed by atoms with E-state index in [1.54, 1.807) is 47.4 Å². The van der Waals surface area contributed by atoms with E-state index in [1.165, 1.54) is 13.2 Å². The van der Waals surface area contributed by atoms with E-state index >= 15 is 0 Å². The highest BCUT2D eigenvalue weighted by atomic mass is 19.1. The lowest BCUT2D eigenvalue weighted by atomic mass is 10.1. The van der Waals surface area contributed by atoms with Gasteiger partial charge < -0.3 is 14.4 Å². The van der Waals surface area contributed by atoms with Gasteiger partial charge in [-0.2, -0.15) is 5.26 Å². The van der Waals surface area contributed by atoms with Gasteiger partial charge in [0.15, 0.2) is 11.5 Å². The van der Waals surface area contributed by atoms with E-state index in [0.29, 0.717) is 35.7 Å². The fourth-order valence-corrected chi connectivity index (χ4v) is 3.06. The van der Waals surface area contributed by atoms with E-state index in [-0.39, 0.29) is 23.9 Å². The summed E-state index contributed by atoms with van der Waals surface area (Å²) < 4.78 is 24.8. The third kappa shape index (κ3) is 4.49. The summed E-state index contributed by atoms with van der Waals surface area (Å²) >= 11 is 0. The Bertz CT molecular complexity index is 928. The molecule has 6 heteroatoms. The van der Waals surface area contributed by atoms with Crippen molar-refractivity contribution in [1.29, 1.82) is 5.26 Å². The number of rotatable bonds is 6. The van der Waals surface area contributed by atoms with E-state index in [1.807, 2.05) is 6.07 Å². The topological polar surface area (TPSA) is 62.6 Å². The van der Waals surface area contributed by atoms with Crippen molar-refractivity contribution in [1.82, 2.24) is 4.90 Å². The number of likely N-dealkylation sites (tertiary alicyclic amines) is 1. The second-order valence-electron chi connectivity index (χ2n) is 6.46. The molecular weight excluding hydrogens is 359 g/mol. The van der Waals surface area contributed by atoms with Gasteiger partial charge in [-0.3, -0.25) is 4.79 Å². The molecule has 5 nitrogen and oxygen atoms in total. The smallest absolute Gasteiger partial charge is 0.264 e. The molecule has 2 aromatic carbocycles. The van der Waals surface area contributed by atoms with E-state index < -0.39 is 0 Å². The zero-order valence-electron chi connectivity index (χ0n) is 15.7. The number of ether oxygens (including phenoxy) is 2. The molecule has 2 aromatic rings. The first-order valence-electron chi connectivity index (χ1n) is 9.07. The standard InChI is InChI=1S/C22H21FN2O3/c1-27-21-13-16(12-18(14-24)22(26)25-10-4-5-11-25)8-9-20(21)28-15-17-6-2-3-7-19(17)23/h2-3,6-9,12-13H,4-5,10-11,15H2,1H3/b18-12+. The van der Waals surface area contributed by atoms with Crippen molar-refractivity contribution < 1.29 is 18.7 Å². The van der Waals surface area contributed by atoms with Crippen molar-refractivity contribution in [3.8, 4) is 17.6 Å².